The Kier molecular flexibility index (Phi) is 6.33. The van der Waals surface area contributed by atoms with E-state index in [2.05, 4.69) is 0 Å². The van der Waals surface area contributed by atoms with E-state index in [1.54, 1.807) is 29.0 Å². The predicted molar refractivity (Wildman–Crippen MR) is 109 cm³/mol. The van der Waals surface area contributed by atoms with Crippen LogP contribution in [0.2, 0.25) is 0 Å². The van der Waals surface area contributed by atoms with Gasteiger partial charge in [-0.2, -0.15) is 0 Å². The summed E-state index contributed by atoms with van der Waals surface area (Å²) in [6, 6.07) is 5.57. The van der Waals surface area contributed by atoms with Crippen LogP contribution in [0.5, 0.6) is 0 Å². The lowest BCUT2D eigenvalue weighted by atomic mass is 9.92. The number of hydrogen-bond donors (Lipinski definition) is 0. The molecule has 2 heterocycles. The van der Waals surface area contributed by atoms with E-state index in [4.69, 9.17) is 4.74 Å². The van der Waals surface area contributed by atoms with Gasteiger partial charge in [-0.3, -0.25) is 9.59 Å². The van der Waals surface area contributed by atoms with Crippen molar-refractivity contribution in [3.63, 3.8) is 0 Å². The number of carbonyl (C=O) groups excluding carboxylic acids is 3. The summed E-state index contributed by atoms with van der Waals surface area (Å²) < 4.78 is 19.2. The van der Waals surface area contributed by atoms with Gasteiger partial charge in [-0.1, -0.05) is 12.1 Å². The summed E-state index contributed by atoms with van der Waals surface area (Å²) in [4.78, 5) is 42.9. The van der Waals surface area contributed by atoms with Crippen LogP contribution >= 0.6 is 0 Å². The highest BCUT2D eigenvalue weighted by Gasteiger charge is 2.44. The number of benzene rings is 1. The normalized spacial score (nSPS) is 22.8. The molecule has 0 radical (unpaired) electrons. The van der Waals surface area contributed by atoms with Crippen LogP contribution in [0.25, 0.3) is 0 Å². The molecular formula is C22H30FN3O4. The molecule has 2 fully saturated rings. The third-order valence-corrected chi connectivity index (χ3v) is 5.55. The highest BCUT2D eigenvalue weighted by Crippen LogP contribution is 2.38. The van der Waals surface area contributed by atoms with Crippen molar-refractivity contribution in [1.29, 1.82) is 0 Å². The molecule has 1 aromatic rings. The van der Waals surface area contributed by atoms with Crippen molar-refractivity contribution in [3.05, 3.63) is 35.6 Å². The van der Waals surface area contributed by atoms with Gasteiger partial charge in [0.2, 0.25) is 11.8 Å². The number of hydrogen-bond acceptors (Lipinski definition) is 4. The lowest BCUT2D eigenvalue weighted by Crippen LogP contribution is -2.42. The summed E-state index contributed by atoms with van der Waals surface area (Å²) in [5.41, 5.74) is 0.0400. The fourth-order valence-electron chi connectivity index (χ4n) is 4.12. The van der Waals surface area contributed by atoms with E-state index in [9.17, 15) is 18.8 Å². The number of likely N-dealkylation sites (tertiary alicyclic amines) is 1. The van der Waals surface area contributed by atoms with E-state index in [0.717, 1.165) is 0 Å². The minimum atomic E-state index is -0.578. The standard InChI is InChI=1S/C22H30FN3O4/c1-22(2,3)30-21(29)26-10-6-9-25(11-12-26)20(28)17-14-18(27)24(4)19(17)15-7-5-8-16(23)13-15/h5,7-8,13,17,19H,6,9-12,14H2,1-4H3. The van der Waals surface area contributed by atoms with E-state index >= 15 is 0 Å². The Morgan fingerprint density at radius 3 is 2.43 bits per heavy atom. The van der Waals surface area contributed by atoms with Gasteiger partial charge < -0.3 is 19.4 Å². The summed E-state index contributed by atoms with van der Waals surface area (Å²) in [6.45, 7) is 7.22. The van der Waals surface area contributed by atoms with Crippen LogP contribution < -0.4 is 0 Å². The molecule has 2 unspecified atom stereocenters. The Hall–Kier alpha value is -2.64. The van der Waals surface area contributed by atoms with E-state index < -0.39 is 23.4 Å². The summed E-state index contributed by atoms with van der Waals surface area (Å²) in [6.07, 6.45) is 0.347. The lowest BCUT2D eigenvalue weighted by molar-refractivity contribution is -0.136. The number of halogens is 1. The Labute approximate surface area is 176 Å². The van der Waals surface area contributed by atoms with Gasteiger partial charge in [0.25, 0.3) is 0 Å². The number of nitrogens with zero attached hydrogens (tertiary/aromatic N) is 3. The van der Waals surface area contributed by atoms with Crippen LogP contribution in [0.15, 0.2) is 24.3 Å². The SMILES string of the molecule is CN1C(=O)CC(C(=O)N2CCCN(C(=O)OC(C)(C)C)CC2)C1c1cccc(F)c1. The fourth-order valence-corrected chi connectivity index (χ4v) is 4.12. The lowest BCUT2D eigenvalue weighted by Gasteiger charge is -2.29. The third-order valence-electron chi connectivity index (χ3n) is 5.55. The van der Waals surface area contributed by atoms with Gasteiger partial charge in [-0.15, -0.1) is 0 Å². The minimum Gasteiger partial charge on any atom is -0.444 e. The molecule has 0 bridgehead atoms. The molecular weight excluding hydrogens is 389 g/mol. The first-order chi connectivity index (χ1) is 14.1. The molecule has 164 valence electrons. The second-order valence-electron chi connectivity index (χ2n) is 8.96. The van der Waals surface area contributed by atoms with Crippen molar-refractivity contribution in [2.45, 2.75) is 45.3 Å². The predicted octanol–water partition coefficient (Wildman–Crippen LogP) is 2.81. The van der Waals surface area contributed by atoms with Crippen molar-refractivity contribution >= 4 is 17.9 Å². The second-order valence-corrected chi connectivity index (χ2v) is 8.96. The molecule has 2 aliphatic rings. The topological polar surface area (TPSA) is 70.2 Å². The van der Waals surface area contributed by atoms with Gasteiger partial charge in [-0.05, 0) is 44.9 Å². The molecule has 1 aromatic carbocycles. The molecule has 30 heavy (non-hydrogen) atoms. The fraction of sp³-hybridized carbons (Fsp3) is 0.591. The third kappa shape index (κ3) is 4.91. The maximum absolute atomic E-state index is 13.8. The highest BCUT2D eigenvalue weighted by molar-refractivity contribution is 5.90. The van der Waals surface area contributed by atoms with Crippen molar-refractivity contribution in [2.24, 2.45) is 5.92 Å². The zero-order chi connectivity index (χ0) is 22.1. The molecule has 3 amide bonds. The molecule has 0 spiro atoms. The first kappa shape index (κ1) is 22.1. The first-order valence-corrected chi connectivity index (χ1v) is 10.3. The van der Waals surface area contributed by atoms with E-state index in [1.807, 2.05) is 20.8 Å². The number of rotatable bonds is 2. The van der Waals surface area contributed by atoms with E-state index in [1.165, 1.54) is 17.0 Å². The summed E-state index contributed by atoms with van der Waals surface area (Å²) in [7, 11) is 1.65. The second kappa shape index (κ2) is 8.62. The van der Waals surface area contributed by atoms with Crippen LogP contribution in [0.3, 0.4) is 0 Å². The van der Waals surface area contributed by atoms with Crippen molar-refractivity contribution in [3.8, 4) is 0 Å². The van der Waals surface area contributed by atoms with Crippen LogP contribution in [0, 0.1) is 11.7 Å². The maximum atomic E-state index is 13.8. The van der Waals surface area contributed by atoms with E-state index in [0.29, 0.717) is 38.2 Å². The van der Waals surface area contributed by atoms with Crippen LogP contribution in [-0.4, -0.2) is 71.4 Å². The van der Waals surface area contributed by atoms with Gasteiger partial charge in [0.05, 0.1) is 12.0 Å². The zero-order valence-electron chi connectivity index (χ0n) is 18.1. The van der Waals surface area contributed by atoms with Gasteiger partial charge in [0.15, 0.2) is 0 Å². The van der Waals surface area contributed by atoms with Crippen molar-refractivity contribution < 1.29 is 23.5 Å². The summed E-state index contributed by atoms with van der Waals surface area (Å²) in [5, 5.41) is 0. The van der Waals surface area contributed by atoms with E-state index in [-0.39, 0.29) is 24.3 Å². The van der Waals surface area contributed by atoms with Crippen LogP contribution in [-0.2, 0) is 14.3 Å². The Morgan fingerprint density at radius 2 is 1.77 bits per heavy atom. The average molecular weight is 419 g/mol. The molecule has 3 rings (SSSR count). The van der Waals surface area contributed by atoms with Crippen LogP contribution in [0.1, 0.15) is 45.2 Å². The molecule has 2 atom stereocenters. The van der Waals surface area contributed by atoms with Gasteiger partial charge in [0.1, 0.15) is 11.4 Å². The molecule has 0 saturated carbocycles. The number of amides is 3. The quantitative estimate of drug-likeness (QED) is 0.739. The van der Waals surface area contributed by atoms with Gasteiger partial charge in [0, 0.05) is 39.6 Å². The Bertz CT molecular complexity index is 823. The number of carbonyl (C=O) groups is 3. The zero-order valence-corrected chi connectivity index (χ0v) is 18.1. The Balaban J connectivity index is 1.72. The summed E-state index contributed by atoms with van der Waals surface area (Å²) in [5.74, 6) is -1.23. The number of ether oxygens (including phenoxy) is 1. The molecule has 7 nitrogen and oxygen atoms in total. The summed E-state index contributed by atoms with van der Waals surface area (Å²) >= 11 is 0. The van der Waals surface area contributed by atoms with Gasteiger partial charge in [-0.25, -0.2) is 9.18 Å². The average Bonchev–Trinajstić information content (AvgIpc) is 2.83. The Morgan fingerprint density at radius 1 is 1.10 bits per heavy atom. The van der Waals surface area contributed by atoms with Crippen molar-refractivity contribution in [2.75, 3.05) is 33.2 Å². The molecule has 0 aliphatic carbocycles. The largest absolute Gasteiger partial charge is 0.444 e. The monoisotopic (exact) mass is 419 g/mol. The first-order valence-electron chi connectivity index (χ1n) is 10.3. The smallest absolute Gasteiger partial charge is 0.410 e. The molecule has 0 aromatic heterocycles. The maximum Gasteiger partial charge on any atom is 0.410 e. The van der Waals surface area contributed by atoms with Crippen LogP contribution in [0.4, 0.5) is 9.18 Å². The molecule has 2 saturated heterocycles. The van der Waals surface area contributed by atoms with Crippen molar-refractivity contribution in [1.82, 2.24) is 14.7 Å². The highest BCUT2D eigenvalue weighted by atomic mass is 19.1. The minimum absolute atomic E-state index is 0.1000. The molecule has 0 N–H and O–H groups in total. The molecule has 2 aliphatic heterocycles. The van der Waals surface area contributed by atoms with Gasteiger partial charge >= 0.3 is 6.09 Å². The molecule has 8 heteroatoms.